The maximum atomic E-state index is 10.4. The lowest BCUT2D eigenvalue weighted by Crippen LogP contribution is -2.48. The minimum absolute atomic E-state index is 0.305. The summed E-state index contributed by atoms with van der Waals surface area (Å²) in [4.78, 5) is 10.4. The summed E-state index contributed by atoms with van der Waals surface area (Å²) in [6.07, 6.45) is 1.10. The van der Waals surface area contributed by atoms with Gasteiger partial charge in [0.25, 0.3) is 0 Å². The largest absolute Gasteiger partial charge is 0.478 e. The van der Waals surface area contributed by atoms with Gasteiger partial charge in [-0.25, -0.2) is 4.79 Å². The molecular formula is C10H19NO3. The van der Waals surface area contributed by atoms with E-state index in [2.05, 4.69) is 5.32 Å². The number of rotatable bonds is 5. The summed E-state index contributed by atoms with van der Waals surface area (Å²) in [5, 5.41) is 21.0. The normalized spacial score (nSPS) is 15.4. The smallest absolute Gasteiger partial charge is 0.330 e. The predicted molar refractivity (Wildman–Crippen MR) is 55.2 cm³/mol. The van der Waals surface area contributed by atoms with Crippen molar-refractivity contribution in [2.24, 2.45) is 0 Å². The van der Waals surface area contributed by atoms with Gasteiger partial charge in [-0.05, 0) is 27.7 Å². The molecule has 0 aromatic carbocycles. The van der Waals surface area contributed by atoms with Crippen LogP contribution in [0.1, 0.15) is 27.7 Å². The van der Waals surface area contributed by atoms with Crippen molar-refractivity contribution in [3.05, 3.63) is 11.6 Å². The van der Waals surface area contributed by atoms with E-state index in [0.717, 1.165) is 0 Å². The monoisotopic (exact) mass is 201 g/mol. The highest BCUT2D eigenvalue weighted by atomic mass is 16.4. The molecule has 14 heavy (non-hydrogen) atoms. The Hall–Kier alpha value is -0.870. The number of hydrogen-bond donors (Lipinski definition) is 3. The molecule has 0 spiro atoms. The SMILES string of the molecule is C/C(=C/CNC(C)(C)C(C)O)C(=O)O. The molecule has 0 saturated carbocycles. The molecule has 0 heterocycles. The summed E-state index contributed by atoms with van der Waals surface area (Å²) in [5.74, 6) is -0.915. The van der Waals surface area contributed by atoms with Crippen LogP contribution in [0, 0.1) is 0 Å². The van der Waals surface area contributed by atoms with E-state index in [4.69, 9.17) is 5.11 Å². The molecule has 0 saturated heterocycles. The Morgan fingerprint density at radius 3 is 2.43 bits per heavy atom. The standard InChI is InChI=1S/C10H19NO3/c1-7(9(13)14)5-6-11-10(3,4)8(2)12/h5,8,11-12H,6H2,1-4H3,(H,13,14)/b7-5-. The van der Waals surface area contributed by atoms with Gasteiger partial charge in [0.15, 0.2) is 0 Å². The molecule has 3 N–H and O–H groups in total. The molecule has 0 aliphatic carbocycles. The molecule has 1 atom stereocenters. The number of hydrogen-bond acceptors (Lipinski definition) is 3. The number of nitrogens with one attached hydrogen (secondary N) is 1. The zero-order chi connectivity index (χ0) is 11.4. The van der Waals surface area contributed by atoms with Crippen molar-refractivity contribution in [1.82, 2.24) is 5.32 Å². The zero-order valence-corrected chi connectivity index (χ0v) is 9.16. The van der Waals surface area contributed by atoms with Gasteiger partial charge >= 0.3 is 5.97 Å². The Morgan fingerprint density at radius 1 is 1.57 bits per heavy atom. The summed E-state index contributed by atoms with van der Waals surface area (Å²) < 4.78 is 0. The fourth-order valence-electron chi connectivity index (χ4n) is 0.702. The lowest BCUT2D eigenvalue weighted by molar-refractivity contribution is -0.132. The Bertz CT molecular complexity index is 232. The quantitative estimate of drug-likeness (QED) is 0.574. The van der Waals surface area contributed by atoms with Crippen LogP contribution in [0.4, 0.5) is 0 Å². The number of aliphatic carboxylic acids is 1. The van der Waals surface area contributed by atoms with E-state index in [0.29, 0.717) is 12.1 Å². The number of carbonyl (C=O) groups is 1. The number of aliphatic hydroxyl groups excluding tert-OH is 1. The van der Waals surface area contributed by atoms with E-state index < -0.39 is 17.6 Å². The van der Waals surface area contributed by atoms with Gasteiger partial charge in [0.1, 0.15) is 0 Å². The summed E-state index contributed by atoms with van der Waals surface area (Å²) in [5.41, 5.74) is -0.103. The summed E-state index contributed by atoms with van der Waals surface area (Å²) in [6.45, 7) is 7.40. The molecule has 0 rings (SSSR count). The maximum Gasteiger partial charge on any atom is 0.330 e. The van der Waals surface area contributed by atoms with E-state index in [9.17, 15) is 9.90 Å². The average Bonchev–Trinajstić information content (AvgIpc) is 2.03. The molecule has 0 aromatic rings. The highest BCUT2D eigenvalue weighted by Gasteiger charge is 2.22. The first-order valence-corrected chi connectivity index (χ1v) is 4.60. The van der Waals surface area contributed by atoms with Crippen LogP contribution in [0.5, 0.6) is 0 Å². The summed E-state index contributed by atoms with van der Waals surface area (Å²) >= 11 is 0. The van der Waals surface area contributed by atoms with E-state index in [1.54, 1.807) is 19.9 Å². The average molecular weight is 201 g/mol. The van der Waals surface area contributed by atoms with Crippen LogP contribution in [-0.4, -0.2) is 34.4 Å². The van der Waals surface area contributed by atoms with Crippen molar-refractivity contribution in [2.45, 2.75) is 39.3 Å². The summed E-state index contributed by atoms with van der Waals surface area (Å²) in [7, 11) is 0. The number of aliphatic hydroxyl groups is 1. The maximum absolute atomic E-state index is 10.4. The van der Waals surface area contributed by atoms with Crippen molar-refractivity contribution in [2.75, 3.05) is 6.54 Å². The first kappa shape index (κ1) is 13.1. The number of carboxylic acid groups (broad SMARTS) is 1. The van der Waals surface area contributed by atoms with Gasteiger partial charge in [-0.2, -0.15) is 0 Å². The number of carboxylic acids is 1. The first-order chi connectivity index (χ1) is 6.27. The lowest BCUT2D eigenvalue weighted by Gasteiger charge is -2.28. The van der Waals surface area contributed by atoms with Crippen molar-refractivity contribution in [3.8, 4) is 0 Å². The van der Waals surface area contributed by atoms with Crippen LogP contribution in [0.3, 0.4) is 0 Å². The highest BCUT2D eigenvalue weighted by molar-refractivity contribution is 5.85. The molecule has 0 amide bonds. The zero-order valence-electron chi connectivity index (χ0n) is 9.16. The van der Waals surface area contributed by atoms with E-state index in [1.807, 2.05) is 13.8 Å². The molecule has 1 unspecified atom stereocenters. The van der Waals surface area contributed by atoms with Crippen LogP contribution in [0.15, 0.2) is 11.6 Å². The van der Waals surface area contributed by atoms with Gasteiger partial charge in [0.2, 0.25) is 0 Å². The third-order valence-electron chi connectivity index (χ3n) is 2.35. The molecule has 0 radical (unpaired) electrons. The van der Waals surface area contributed by atoms with Gasteiger partial charge in [0, 0.05) is 17.7 Å². The third-order valence-corrected chi connectivity index (χ3v) is 2.35. The van der Waals surface area contributed by atoms with Crippen LogP contribution in [0.25, 0.3) is 0 Å². The topological polar surface area (TPSA) is 69.6 Å². The van der Waals surface area contributed by atoms with Crippen molar-refractivity contribution in [3.63, 3.8) is 0 Å². The molecular weight excluding hydrogens is 182 g/mol. The van der Waals surface area contributed by atoms with Gasteiger partial charge in [0.05, 0.1) is 6.10 Å². The van der Waals surface area contributed by atoms with Crippen LogP contribution in [0.2, 0.25) is 0 Å². The lowest BCUT2D eigenvalue weighted by atomic mass is 9.99. The Labute approximate surface area is 84.6 Å². The van der Waals surface area contributed by atoms with Crippen molar-refractivity contribution >= 4 is 5.97 Å². The van der Waals surface area contributed by atoms with E-state index in [-0.39, 0.29) is 0 Å². The molecule has 0 aromatic heterocycles. The Morgan fingerprint density at radius 2 is 2.07 bits per heavy atom. The van der Waals surface area contributed by atoms with Crippen LogP contribution < -0.4 is 5.32 Å². The second kappa shape index (κ2) is 5.12. The fraction of sp³-hybridized carbons (Fsp3) is 0.700. The second-order valence-electron chi connectivity index (χ2n) is 3.97. The van der Waals surface area contributed by atoms with Gasteiger partial charge in [-0.15, -0.1) is 0 Å². The molecule has 4 heteroatoms. The molecule has 0 fully saturated rings. The minimum atomic E-state index is -0.915. The van der Waals surface area contributed by atoms with Crippen LogP contribution >= 0.6 is 0 Å². The summed E-state index contributed by atoms with van der Waals surface area (Å²) in [6, 6.07) is 0. The molecule has 0 aliphatic rings. The van der Waals surface area contributed by atoms with E-state index >= 15 is 0 Å². The molecule has 4 nitrogen and oxygen atoms in total. The van der Waals surface area contributed by atoms with Crippen LogP contribution in [-0.2, 0) is 4.79 Å². The van der Waals surface area contributed by atoms with E-state index in [1.165, 1.54) is 0 Å². The van der Waals surface area contributed by atoms with Gasteiger partial charge in [-0.3, -0.25) is 0 Å². The van der Waals surface area contributed by atoms with Crippen molar-refractivity contribution < 1.29 is 15.0 Å². The highest BCUT2D eigenvalue weighted by Crippen LogP contribution is 2.07. The second-order valence-corrected chi connectivity index (χ2v) is 3.97. The predicted octanol–water partition coefficient (Wildman–Crippen LogP) is 0.766. The van der Waals surface area contributed by atoms with Gasteiger partial charge < -0.3 is 15.5 Å². The third kappa shape index (κ3) is 4.39. The fourth-order valence-corrected chi connectivity index (χ4v) is 0.702. The Balaban J connectivity index is 4.08. The van der Waals surface area contributed by atoms with Gasteiger partial charge in [-0.1, -0.05) is 6.08 Å². The van der Waals surface area contributed by atoms with Crippen molar-refractivity contribution in [1.29, 1.82) is 0 Å². The Kier molecular flexibility index (Phi) is 4.80. The molecule has 0 aliphatic heterocycles. The molecule has 0 bridgehead atoms. The first-order valence-electron chi connectivity index (χ1n) is 4.60. The molecule has 82 valence electrons. The minimum Gasteiger partial charge on any atom is -0.478 e.